The van der Waals surface area contributed by atoms with Gasteiger partial charge >= 0.3 is 0 Å². The summed E-state index contributed by atoms with van der Waals surface area (Å²) in [5.74, 6) is 0.436. The van der Waals surface area contributed by atoms with Gasteiger partial charge in [0, 0.05) is 30.4 Å². The molecular weight excluding hydrogens is 408 g/mol. The van der Waals surface area contributed by atoms with Crippen LogP contribution in [0.3, 0.4) is 0 Å². The zero-order valence-corrected chi connectivity index (χ0v) is 17.9. The number of anilines is 1. The number of carbonyl (C=O) groups excluding carboxylic acids is 1. The van der Waals surface area contributed by atoms with Crippen molar-refractivity contribution in [2.45, 2.75) is 32.4 Å². The minimum atomic E-state index is -0.185. The van der Waals surface area contributed by atoms with E-state index in [0.29, 0.717) is 33.8 Å². The molecule has 32 heavy (non-hydrogen) atoms. The summed E-state index contributed by atoms with van der Waals surface area (Å²) in [7, 11) is 0. The number of aromatic nitrogens is 5. The first kappa shape index (κ1) is 20.1. The van der Waals surface area contributed by atoms with Crippen LogP contribution in [0.5, 0.6) is 0 Å². The zero-order valence-electron chi connectivity index (χ0n) is 17.9. The van der Waals surface area contributed by atoms with Gasteiger partial charge in [-0.25, -0.2) is 9.61 Å². The maximum Gasteiger partial charge on any atom is 0.255 e. The molecular formula is C22H24N8O2. The number of nitrogens with zero attached hydrogens (tertiary/aromatic N) is 5. The molecule has 0 spiro atoms. The molecule has 0 radical (unpaired) electrons. The Bertz CT molecular complexity index is 1270. The first-order chi connectivity index (χ1) is 15.5. The van der Waals surface area contributed by atoms with E-state index in [4.69, 9.17) is 15.3 Å². The number of rotatable bonds is 5. The summed E-state index contributed by atoms with van der Waals surface area (Å²) in [5, 5.41) is 14.0. The van der Waals surface area contributed by atoms with Crippen molar-refractivity contribution in [3.05, 3.63) is 42.1 Å². The summed E-state index contributed by atoms with van der Waals surface area (Å²) in [5.41, 5.74) is 9.63. The Labute approximate surface area is 184 Å². The van der Waals surface area contributed by atoms with E-state index in [2.05, 4.69) is 25.9 Å². The Kier molecular flexibility index (Phi) is 5.06. The molecule has 0 aliphatic carbocycles. The Balaban J connectivity index is 1.77. The van der Waals surface area contributed by atoms with Gasteiger partial charge in [0.2, 0.25) is 0 Å². The third-order valence-electron chi connectivity index (χ3n) is 5.64. The lowest BCUT2D eigenvalue weighted by atomic mass is 10.1. The van der Waals surface area contributed by atoms with E-state index in [0.717, 1.165) is 25.1 Å². The summed E-state index contributed by atoms with van der Waals surface area (Å²) >= 11 is 0. The van der Waals surface area contributed by atoms with E-state index in [-0.39, 0.29) is 23.8 Å². The molecule has 1 saturated heterocycles. The average Bonchev–Trinajstić information content (AvgIpc) is 3.53. The van der Waals surface area contributed by atoms with Gasteiger partial charge in [-0.2, -0.15) is 0 Å². The highest BCUT2D eigenvalue weighted by molar-refractivity contribution is 6.08. The van der Waals surface area contributed by atoms with Gasteiger partial charge in [-0.05, 0) is 37.1 Å². The number of amides is 1. The fraction of sp³-hybridized carbons (Fsp3) is 0.318. The molecule has 0 bridgehead atoms. The molecule has 1 fully saturated rings. The second-order valence-corrected chi connectivity index (χ2v) is 8.14. The Morgan fingerprint density at radius 1 is 1.25 bits per heavy atom. The SMILES string of the molecule is CC(C)n1c(-c2nonc2N)nc2c(-c3ccccc3)ncc(C(=O)NC3CCNC3)c21. The molecule has 4 N–H and O–H groups in total. The molecule has 1 aliphatic rings. The number of pyridine rings is 1. The number of imidazole rings is 1. The van der Waals surface area contributed by atoms with Gasteiger partial charge in [-0.3, -0.25) is 9.78 Å². The van der Waals surface area contributed by atoms with Gasteiger partial charge < -0.3 is 20.9 Å². The molecule has 1 aromatic carbocycles. The summed E-state index contributed by atoms with van der Waals surface area (Å²) < 4.78 is 6.78. The molecule has 4 heterocycles. The number of hydrogen-bond acceptors (Lipinski definition) is 8. The van der Waals surface area contributed by atoms with Crippen LogP contribution in [0, 0.1) is 0 Å². The largest absolute Gasteiger partial charge is 0.379 e. The number of nitrogens with two attached hydrogens (primary N) is 1. The molecule has 1 amide bonds. The number of benzene rings is 1. The molecule has 10 heteroatoms. The van der Waals surface area contributed by atoms with Crippen molar-refractivity contribution in [3.8, 4) is 22.8 Å². The van der Waals surface area contributed by atoms with Crippen molar-refractivity contribution in [2.24, 2.45) is 0 Å². The van der Waals surface area contributed by atoms with E-state index < -0.39 is 0 Å². The van der Waals surface area contributed by atoms with Gasteiger partial charge in [0.05, 0.1) is 16.8 Å². The third-order valence-corrected chi connectivity index (χ3v) is 5.64. The van der Waals surface area contributed by atoms with Gasteiger partial charge in [-0.1, -0.05) is 30.3 Å². The number of fused-ring (bicyclic) bond motifs is 1. The summed E-state index contributed by atoms with van der Waals surface area (Å²) in [6.07, 6.45) is 2.51. The van der Waals surface area contributed by atoms with E-state index >= 15 is 0 Å². The van der Waals surface area contributed by atoms with Crippen molar-refractivity contribution in [2.75, 3.05) is 18.8 Å². The van der Waals surface area contributed by atoms with Crippen LogP contribution in [0.15, 0.2) is 41.2 Å². The standard InChI is InChI=1S/C22H24N8O2/c1-12(2)30-19-15(22(31)26-14-8-9-24-10-14)11-25-16(13-6-4-3-5-7-13)17(19)27-21(30)18-20(23)29-32-28-18/h3-7,11-12,14,24H,8-10H2,1-2H3,(H2,23,29)(H,26,31). The zero-order chi connectivity index (χ0) is 22.2. The second-order valence-electron chi connectivity index (χ2n) is 8.14. The fourth-order valence-electron chi connectivity index (χ4n) is 4.14. The monoisotopic (exact) mass is 432 g/mol. The number of hydrogen-bond donors (Lipinski definition) is 3. The molecule has 5 rings (SSSR count). The minimum absolute atomic E-state index is 0.0446. The predicted molar refractivity (Wildman–Crippen MR) is 120 cm³/mol. The number of carbonyl (C=O) groups is 1. The molecule has 4 aromatic rings. The molecule has 0 saturated carbocycles. The van der Waals surface area contributed by atoms with Crippen LogP contribution in [0.4, 0.5) is 5.82 Å². The Morgan fingerprint density at radius 3 is 2.72 bits per heavy atom. The smallest absolute Gasteiger partial charge is 0.255 e. The van der Waals surface area contributed by atoms with Crippen molar-refractivity contribution in [1.29, 1.82) is 0 Å². The summed E-state index contributed by atoms with van der Waals surface area (Å²) in [4.78, 5) is 22.8. The van der Waals surface area contributed by atoms with Crippen LogP contribution in [0.1, 0.15) is 36.7 Å². The summed E-state index contributed by atoms with van der Waals surface area (Å²) in [6, 6.07) is 9.79. The van der Waals surface area contributed by atoms with Gasteiger partial charge in [-0.15, -0.1) is 0 Å². The maximum atomic E-state index is 13.3. The minimum Gasteiger partial charge on any atom is -0.379 e. The molecule has 1 unspecified atom stereocenters. The highest BCUT2D eigenvalue weighted by atomic mass is 16.6. The molecule has 1 atom stereocenters. The van der Waals surface area contributed by atoms with E-state index in [1.54, 1.807) is 6.20 Å². The Hall–Kier alpha value is -3.79. The maximum absolute atomic E-state index is 13.3. The molecule has 164 valence electrons. The van der Waals surface area contributed by atoms with Crippen molar-refractivity contribution < 1.29 is 9.42 Å². The van der Waals surface area contributed by atoms with Crippen LogP contribution >= 0.6 is 0 Å². The van der Waals surface area contributed by atoms with Crippen LogP contribution in [0.25, 0.3) is 33.8 Å². The molecule has 10 nitrogen and oxygen atoms in total. The average molecular weight is 432 g/mol. The van der Waals surface area contributed by atoms with Gasteiger partial charge in [0.1, 0.15) is 5.52 Å². The molecule has 3 aromatic heterocycles. The van der Waals surface area contributed by atoms with Crippen LogP contribution in [-0.2, 0) is 0 Å². The quantitative estimate of drug-likeness (QED) is 0.437. The lowest BCUT2D eigenvalue weighted by Crippen LogP contribution is -2.36. The van der Waals surface area contributed by atoms with Crippen molar-refractivity contribution >= 4 is 22.8 Å². The lowest BCUT2D eigenvalue weighted by molar-refractivity contribution is 0.0941. The number of nitrogen functional groups attached to an aromatic ring is 1. The van der Waals surface area contributed by atoms with Gasteiger partial charge in [0.15, 0.2) is 17.3 Å². The highest BCUT2D eigenvalue weighted by Crippen LogP contribution is 2.35. The van der Waals surface area contributed by atoms with Crippen LogP contribution in [0.2, 0.25) is 0 Å². The van der Waals surface area contributed by atoms with Crippen molar-refractivity contribution in [3.63, 3.8) is 0 Å². The van der Waals surface area contributed by atoms with Crippen LogP contribution < -0.4 is 16.4 Å². The fourth-order valence-corrected chi connectivity index (χ4v) is 4.14. The summed E-state index contributed by atoms with van der Waals surface area (Å²) in [6.45, 7) is 5.66. The first-order valence-electron chi connectivity index (χ1n) is 10.6. The van der Waals surface area contributed by atoms with Crippen LogP contribution in [-0.4, -0.2) is 49.9 Å². The third kappa shape index (κ3) is 3.38. The topological polar surface area (TPSA) is 137 Å². The number of nitrogens with one attached hydrogen (secondary N) is 2. The predicted octanol–water partition coefficient (Wildman–Crippen LogP) is 2.40. The second kappa shape index (κ2) is 8.04. The van der Waals surface area contributed by atoms with Crippen molar-refractivity contribution in [1.82, 2.24) is 35.5 Å². The van der Waals surface area contributed by atoms with E-state index in [1.807, 2.05) is 48.7 Å². The Morgan fingerprint density at radius 2 is 2.06 bits per heavy atom. The van der Waals surface area contributed by atoms with E-state index in [1.165, 1.54) is 0 Å². The normalized spacial score (nSPS) is 16.2. The first-order valence-corrected chi connectivity index (χ1v) is 10.6. The molecule has 1 aliphatic heterocycles. The van der Waals surface area contributed by atoms with E-state index in [9.17, 15) is 4.79 Å². The lowest BCUT2D eigenvalue weighted by Gasteiger charge is -2.16. The highest BCUT2D eigenvalue weighted by Gasteiger charge is 2.28. The van der Waals surface area contributed by atoms with Gasteiger partial charge in [0.25, 0.3) is 5.91 Å².